The molecule has 0 unspecified atom stereocenters. The largest absolute Gasteiger partial charge is 0.390 e. The molecule has 0 amide bonds. The zero-order chi connectivity index (χ0) is 12.3. The van der Waals surface area contributed by atoms with Gasteiger partial charge in [0.25, 0.3) is 5.56 Å². The van der Waals surface area contributed by atoms with Crippen molar-refractivity contribution in [3.8, 4) is 0 Å². The first-order valence-corrected chi connectivity index (χ1v) is 5.13. The number of halogens is 4. The summed E-state index contributed by atoms with van der Waals surface area (Å²) in [5.41, 5.74) is -0.149. The van der Waals surface area contributed by atoms with Gasteiger partial charge in [0.1, 0.15) is 4.47 Å². The van der Waals surface area contributed by atoms with Gasteiger partial charge in [0.2, 0.25) is 0 Å². The molecule has 0 saturated heterocycles. The number of nitrogens with zero attached hydrogens (tertiary/aromatic N) is 2. The van der Waals surface area contributed by atoms with E-state index in [9.17, 15) is 18.0 Å². The Morgan fingerprint density at radius 2 is 2.19 bits per heavy atom. The van der Waals surface area contributed by atoms with E-state index in [4.69, 9.17) is 0 Å². The van der Waals surface area contributed by atoms with Gasteiger partial charge in [-0.3, -0.25) is 4.79 Å². The molecule has 0 aliphatic carbocycles. The van der Waals surface area contributed by atoms with Gasteiger partial charge in [-0.15, -0.1) is 0 Å². The third-order valence-corrected chi connectivity index (χ3v) is 2.57. The lowest BCUT2D eigenvalue weighted by Gasteiger charge is -2.10. The summed E-state index contributed by atoms with van der Waals surface area (Å²) in [5, 5.41) is 6.18. The van der Waals surface area contributed by atoms with Gasteiger partial charge in [0.05, 0.1) is 18.3 Å². The van der Waals surface area contributed by atoms with Crippen LogP contribution in [0, 0.1) is 0 Å². The van der Waals surface area contributed by atoms with Gasteiger partial charge in [-0.1, -0.05) is 0 Å². The standard InChI is InChI=1S/C8H9BrF3N3O/c1-15-7(16)6(9)5(4-14-15)13-3-2-8(10,11)12/h4,13H,2-3H2,1H3. The van der Waals surface area contributed by atoms with Crippen molar-refractivity contribution in [3.05, 3.63) is 21.0 Å². The van der Waals surface area contributed by atoms with Crippen LogP contribution >= 0.6 is 15.9 Å². The minimum absolute atomic E-state index is 0.173. The maximum absolute atomic E-state index is 11.9. The summed E-state index contributed by atoms with van der Waals surface area (Å²) in [6, 6.07) is 0. The Morgan fingerprint density at radius 1 is 1.56 bits per heavy atom. The molecule has 0 saturated carbocycles. The number of aryl methyl sites for hydroxylation is 1. The van der Waals surface area contributed by atoms with Crippen molar-refractivity contribution in [1.82, 2.24) is 9.78 Å². The molecule has 16 heavy (non-hydrogen) atoms. The lowest BCUT2D eigenvalue weighted by atomic mass is 10.4. The van der Waals surface area contributed by atoms with Crippen molar-refractivity contribution in [1.29, 1.82) is 0 Å². The van der Waals surface area contributed by atoms with Crippen LogP contribution in [-0.4, -0.2) is 22.5 Å². The zero-order valence-electron chi connectivity index (χ0n) is 8.31. The van der Waals surface area contributed by atoms with E-state index in [1.807, 2.05) is 0 Å². The summed E-state index contributed by atoms with van der Waals surface area (Å²) >= 11 is 2.99. The van der Waals surface area contributed by atoms with Crippen molar-refractivity contribution in [2.75, 3.05) is 11.9 Å². The number of aromatic nitrogens is 2. The van der Waals surface area contributed by atoms with Gasteiger partial charge >= 0.3 is 6.18 Å². The van der Waals surface area contributed by atoms with Gasteiger partial charge < -0.3 is 5.32 Å². The van der Waals surface area contributed by atoms with Crippen LogP contribution in [-0.2, 0) is 7.05 Å². The van der Waals surface area contributed by atoms with Crippen LogP contribution in [0.3, 0.4) is 0 Å². The van der Waals surface area contributed by atoms with E-state index in [1.54, 1.807) is 0 Å². The van der Waals surface area contributed by atoms with Crippen LogP contribution in [0.4, 0.5) is 18.9 Å². The topological polar surface area (TPSA) is 46.9 Å². The minimum Gasteiger partial charge on any atom is -0.382 e. The van der Waals surface area contributed by atoms with Crippen LogP contribution in [0.2, 0.25) is 0 Å². The molecule has 0 spiro atoms. The highest BCUT2D eigenvalue weighted by Gasteiger charge is 2.26. The average molecular weight is 300 g/mol. The van der Waals surface area contributed by atoms with Crippen molar-refractivity contribution < 1.29 is 13.2 Å². The highest BCUT2D eigenvalue weighted by atomic mass is 79.9. The van der Waals surface area contributed by atoms with E-state index in [2.05, 4.69) is 26.3 Å². The molecule has 0 atom stereocenters. The monoisotopic (exact) mass is 299 g/mol. The molecule has 8 heteroatoms. The van der Waals surface area contributed by atoms with Crippen molar-refractivity contribution in [2.45, 2.75) is 12.6 Å². The van der Waals surface area contributed by atoms with E-state index in [-0.39, 0.29) is 16.7 Å². The Morgan fingerprint density at radius 3 is 2.75 bits per heavy atom. The molecular formula is C8H9BrF3N3O. The molecule has 1 aromatic heterocycles. The van der Waals surface area contributed by atoms with Gasteiger partial charge in [-0.25, -0.2) is 4.68 Å². The minimum atomic E-state index is -4.22. The molecule has 0 aromatic carbocycles. The van der Waals surface area contributed by atoms with Crippen molar-refractivity contribution >= 4 is 21.6 Å². The van der Waals surface area contributed by atoms with Gasteiger partial charge in [-0.05, 0) is 15.9 Å². The summed E-state index contributed by atoms with van der Waals surface area (Å²) in [6.45, 7) is -0.295. The fourth-order valence-electron chi connectivity index (χ4n) is 0.973. The molecule has 0 fully saturated rings. The number of rotatable bonds is 3. The maximum Gasteiger partial charge on any atom is 0.390 e. The van der Waals surface area contributed by atoms with E-state index in [0.717, 1.165) is 4.68 Å². The predicted molar refractivity (Wildman–Crippen MR) is 56.3 cm³/mol. The average Bonchev–Trinajstić information content (AvgIpc) is 2.16. The van der Waals surface area contributed by atoms with Crippen molar-refractivity contribution in [3.63, 3.8) is 0 Å². The second kappa shape index (κ2) is 4.86. The summed E-state index contributed by atoms with van der Waals surface area (Å²) in [7, 11) is 1.45. The van der Waals surface area contributed by atoms with Gasteiger partial charge in [-0.2, -0.15) is 18.3 Å². The highest BCUT2D eigenvalue weighted by Crippen LogP contribution is 2.21. The number of nitrogens with one attached hydrogen (secondary N) is 1. The Labute approximate surface area is 97.6 Å². The van der Waals surface area contributed by atoms with E-state index < -0.39 is 18.2 Å². The number of hydrogen-bond donors (Lipinski definition) is 1. The summed E-state index contributed by atoms with van der Waals surface area (Å²) < 4.78 is 36.9. The predicted octanol–water partition coefficient (Wildman–Crippen LogP) is 1.91. The van der Waals surface area contributed by atoms with Gasteiger partial charge in [0.15, 0.2) is 0 Å². The molecule has 0 aliphatic rings. The number of alkyl halides is 3. The Hall–Kier alpha value is -1.05. The molecular weight excluding hydrogens is 291 g/mol. The third-order valence-electron chi connectivity index (χ3n) is 1.80. The molecule has 1 N–H and O–H groups in total. The molecule has 1 rings (SSSR count). The Bertz CT molecular complexity index is 430. The lowest BCUT2D eigenvalue weighted by molar-refractivity contribution is -0.131. The van der Waals surface area contributed by atoms with E-state index in [0.29, 0.717) is 0 Å². The molecule has 90 valence electrons. The second-order valence-corrected chi connectivity index (χ2v) is 3.89. The van der Waals surface area contributed by atoms with Crippen LogP contribution in [0.1, 0.15) is 6.42 Å². The summed E-state index contributed by atoms with van der Waals surface area (Å²) in [6.07, 6.45) is -3.89. The van der Waals surface area contributed by atoms with Crippen LogP contribution in [0.5, 0.6) is 0 Å². The SMILES string of the molecule is Cn1ncc(NCCC(F)(F)F)c(Br)c1=O. The second-order valence-electron chi connectivity index (χ2n) is 3.09. The Balaban J connectivity index is 2.69. The van der Waals surface area contributed by atoms with Crippen LogP contribution in [0.15, 0.2) is 15.5 Å². The molecule has 0 radical (unpaired) electrons. The van der Waals surface area contributed by atoms with Crippen molar-refractivity contribution in [2.24, 2.45) is 7.05 Å². The fourth-order valence-corrected chi connectivity index (χ4v) is 1.47. The molecule has 4 nitrogen and oxygen atoms in total. The van der Waals surface area contributed by atoms with E-state index in [1.165, 1.54) is 13.2 Å². The molecule has 0 bridgehead atoms. The summed E-state index contributed by atoms with van der Waals surface area (Å²) in [5.74, 6) is 0. The summed E-state index contributed by atoms with van der Waals surface area (Å²) in [4.78, 5) is 11.3. The highest BCUT2D eigenvalue weighted by molar-refractivity contribution is 9.10. The normalized spacial score (nSPS) is 11.6. The van der Waals surface area contributed by atoms with Crippen LogP contribution in [0.25, 0.3) is 0 Å². The van der Waals surface area contributed by atoms with E-state index >= 15 is 0 Å². The van der Waals surface area contributed by atoms with Gasteiger partial charge in [0, 0.05) is 13.6 Å². The van der Waals surface area contributed by atoms with Crippen LogP contribution < -0.4 is 10.9 Å². The lowest BCUT2D eigenvalue weighted by Crippen LogP contribution is -2.22. The maximum atomic E-state index is 11.9. The quantitative estimate of drug-likeness (QED) is 0.927. The first-order valence-electron chi connectivity index (χ1n) is 4.33. The smallest absolute Gasteiger partial charge is 0.382 e. The molecule has 1 heterocycles. The fraction of sp³-hybridized carbons (Fsp3) is 0.500. The number of hydrogen-bond acceptors (Lipinski definition) is 3. The molecule has 1 aromatic rings. The Kier molecular flexibility index (Phi) is 3.95. The third kappa shape index (κ3) is 3.51. The first kappa shape index (κ1) is 13.0. The number of anilines is 1. The zero-order valence-corrected chi connectivity index (χ0v) is 9.89. The first-order chi connectivity index (χ1) is 7.31. The molecule has 0 aliphatic heterocycles.